The summed E-state index contributed by atoms with van der Waals surface area (Å²) in [6.07, 6.45) is 6.24. The topological polar surface area (TPSA) is 85.4 Å². The second kappa shape index (κ2) is 7.83. The van der Waals surface area contributed by atoms with Crippen LogP contribution in [0.1, 0.15) is 36.2 Å². The van der Waals surface area contributed by atoms with E-state index in [0.29, 0.717) is 34.9 Å². The van der Waals surface area contributed by atoms with Crippen LogP contribution in [0.3, 0.4) is 0 Å². The number of benzene rings is 1. The lowest BCUT2D eigenvalue weighted by atomic mass is 10.2. The number of carbonyl (C=O) groups is 1. The maximum atomic E-state index is 12.5. The highest BCUT2D eigenvalue weighted by Crippen LogP contribution is 2.29. The van der Waals surface area contributed by atoms with Gasteiger partial charge in [0.2, 0.25) is 5.95 Å². The highest BCUT2D eigenvalue weighted by atomic mass is 16.5. The summed E-state index contributed by atoms with van der Waals surface area (Å²) in [5.41, 5.74) is 0.816. The molecule has 2 N–H and O–H groups in total. The Bertz CT molecular complexity index is 745. The monoisotopic (exact) mass is 342 g/mol. The lowest BCUT2D eigenvalue weighted by molar-refractivity contribution is 0.102. The smallest absolute Gasteiger partial charge is 0.274 e. The normalized spacial score (nSPS) is 14.2. The zero-order valence-electron chi connectivity index (χ0n) is 14.4. The van der Waals surface area contributed by atoms with Crippen LogP contribution in [0.25, 0.3) is 0 Å². The minimum Gasteiger partial charge on any atom is -0.497 e. The minimum atomic E-state index is -0.330. The number of ether oxygens (including phenoxy) is 2. The fourth-order valence-corrected chi connectivity index (χ4v) is 2.91. The average molecular weight is 342 g/mol. The van der Waals surface area contributed by atoms with Crippen molar-refractivity contribution in [1.29, 1.82) is 0 Å². The third kappa shape index (κ3) is 4.17. The van der Waals surface area contributed by atoms with Crippen molar-refractivity contribution in [2.45, 2.75) is 31.7 Å². The molecule has 1 aliphatic rings. The van der Waals surface area contributed by atoms with Gasteiger partial charge in [-0.3, -0.25) is 4.79 Å². The number of hydrogen-bond donors (Lipinski definition) is 2. The molecule has 1 aromatic carbocycles. The van der Waals surface area contributed by atoms with Crippen LogP contribution in [0, 0.1) is 0 Å². The van der Waals surface area contributed by atoms with Gasteiger partial charge in [-0.2, -0.15) is 0 Å². The van der Waals surface area contributed by atoms with E-state index in [1.807, 2.05) is 0 Å². The van der Waals surface area contributed by atoms with Gasteiger partial charge < -0.3 is 20.1 Å². The molecule has 2 aromatic rings. The Balaban J connectivity index is 1.74. The van der Waals surface area contributed by atoms with Gasteiger partial charge in [0, 0.05) is 18.3 Å². The van der Waals surface area contributed by atoms with E-state index in [-0.39, 0.29) is 5.91 Å². The second-order valence-electron chi connectivity index (χ2n) is 5.91. The first-order valence-electron chi connectivity index (χ1n) is 8.32. The van der Waals surface area contributed by atoms with E-state index in [0.717, 1.165) is 12.8 Å². The zero-order valence-corrected chi connectivity index (χ0v) is 14.4. The Labute approximate surface area is 146 Å². The van der Waals surface area contributed by atoms with E-state index >= 15 is 0 Å². The van der Waals surface area contributed by atoms with Crippen LogP contribution >= 0.6 is 0 Å². The maximum Gasteiger partial charge on any atom is 0.274 e. The lowest BCUT2D eigenvalue weighted by Crippen LogP contribution is -2.19. The molecule has 7 nitrogen and oxygen atoms in total. The van der Waals surface area contributed by atoms with Crippen LogP contribution in [0.15, 0.2) is 30.5 Å². The van der Waals surface area contributed by atoms with E-state index in [1.165, 1.54) is 12.8 Å². The first-order valence-corrected chi connectivity index (χ1v) is 8.32. The minimum absolute atomic E-state index is 0.292. The van der Waals surface area contributed by atoms with E-state index in [4.69, 9.17) is 9.47 Å². The van der Waals surface area contributed by atoms with Crippen molar-refractivity contribution in [3.63, 3.8) is 0 Å². The molecule has 1 heterocycles. The van der Waals surface area contributed by atoms with Crippen LogP contribution in [-0.2, 0) is 0 Å². The van der Waals surface area contributed by atoms with Gasteiger partial charge in [0.15, 0.2) is 0 Å². The molecular weight excluding hydrogens is 320 g/mol. The Morgan fingerprint density at radius 1 is 1.16 bits per heavy atom. The van der Waals surface area contributed by atoms with Gasteiger partial charge in [0.05, 0.1) is 19.9 Å². The average Bonchev–Trinajstić information content (AvgIpc) is 3.14. The molecule has 0 unspecified atom stereocenters. The third-order valence-electron chi connectivity index (χ3n) is 4.23. The van der Waals surface area contributed by atoms with Crippen LogP contribution in [0.2, 0.25) is 0 Å². The third-order valence-corrected chi connectivity index (χ3v) is 4.23. The van der Waals surface area contributed by atoms with E-state index in [2.05, 4.69) is 20.6 Å². The van der Waals surface area contributed by atoms with Gasteiger partial charge in [-0.1, -0.05) is 12.8 Å². The predicted octanol–water partition coefficient (Wildman–Crippen LogP) is 3.10. The number of hydrogen-bond acceptors (Lipinski definition) is 6. The van der Waals surface area contributed by atoms with Gasteiger partial charge in [-0.15, -0.1) is 0 Å². The van der Waals surface area contributed by atoms with Crippen molar-refractivity contribution in [2.75, 3.05) is 24.9 Å². The summed E-state index contributed by atoms with van der Waals surface area (Å²) < 4.78 is 10.5. The number of aromatic nitrogens is 2. The van der Waals surface area contributed by atoms with Crippen LogP contribution < -0.4 is 20.1 Å². The first-order chi connectivity index (χ1) is 12.2. The molecule has 1 saturated carbocycles. The first kappa shape index (κ1) is 17.0. The SMILES string of the molecule is COc1ccc(OC)c(NC(=O)c2ccnc(NC3CCCC3)n2)c1. The van der Waals surface area contributed by atoms with Crippen LogP contribution in [0.5, 0.6) is 11.5 Å². The molecule has 0 aliphatic heterocycles. The van der Waals surface area contributed by atoms with Crippen molar-refractivity contribution in [2.24, 2.45) is 0 Å². The van der Waals surface area contributed by atoms with E-state index in [9.17, 15) is 4.79 Å². The molecule has 1 amide bonds. The molecule has 3 rings (SSSR count). The molecule has 132 valence electrons. The van der Waals surface area contributed by atoms with Crippen LogP contribution in [-0.4, -0.2) is 36.1 Å². The molecule has 25 heavy (non-hydrogen) atoms. The van der Waals surface area contributed by atoms with Gasteiger partial charge in [0.25, 0.3) is 5.91 Å². The molecule has 1 fully saturated rings. The largest absolute Gasteiger partial charge is 0.497 e. The molecular formula is C18H22N4O3. The molecule has 7 heteroatoms. The quantitative estimate of drug-likeness (QED) is 0.839. The maximum absolute atomic E-state index is 12.5. The summed E-state index contributed by atoms with van der Waals surface area (Å²) in [6.45, 7) is 0. The summed E-state index contributed by atoms with van der Waals surface area (Å²) in [5.74, 6) is 1.33. The number of nitrogens with one attached hydrogen (secondary N) is 2. The summed E-state index contributed by atoms with van der Waals surface area (Å²) in [7, 11) is 3.12. The standard InChI is InChI=1S/C18H22N4O3/c1-24-13-7-8-16(25-2)15(11-13)21-17(23)14-9-10-19-18(22-14)20-12-5-3-4-6-12/h7-12H,3-6H2,1-2H3,(H,21,23)(H,19,20,22). The molecule has 0 bridgehead atoms. The van der Waals surface area contributed by atoms with Gasteiger partial charge in [0.1, 0.15) is 17.2 Å². The molecule has 1 aliphatic carbocycles. The number of methoxy groups -OCH3 is 2. The summed E-state index contributed by atoms with van der Waals surface area (Å²) >= 11 is 0. The van der Waals surface area contributed by atoms with Gasteiger partial charge >= 0.3 is 0 Å². The summed E-state index contributed by atoms with van der Waals surface area (Å²) in [6, 6.07) is 7.18. The van der Waals surface area contributed by atoms with Crippen molar-refractivity contribution >= 4 is 17.5 Å². The van der Waals surface area contributed by atoms with Gasteiger partial charge in [-0.05, 0) is 31.0 Å². The Hall–Kier alpha value is -2.83. The fraction of sp³-hybridized carbons (Fsp3) is 0.389. The Morgan fingerprint density at radius 3 is 2.68 bits per heavy atom. The number of nitrogens with zero attached hydrogens (tertiary/aromatic N) is 2. The van der Waals surface area contributed by atoms with Crippen LogP contribution in [0.4, 0.5) is 11.6 Å². The molecule has 0 radical (unpaired) electrons. The second-order valence-corrected chi connectivity index (χ2v) is 5.91. The molecule has 0 atom stereocenters. The van der Waals surface area contributed by atoms with Crippen molar-refractivity contribution in [3.8, 4) is 11.5 Å². The van der Waals surface area contributed by atoms with Crippen molar-refractivity contribution in [3.05, 3.63) is 36.2 Å². The number of amides is 1. The molecule has 0 saturated heterocycles. The number of anilines is 2. The lowest BCUT2D eigenvalue weighted by Gasteiger charge is -2.13. The number of rotatable bonds is 6. The molecule has 0 spiro atoms. The Kier molecular flexibility index (Phi) is 5.33. The fourth-order valence-electron chi connectivity index (χ4n) is 2.91. The van der Waals surface area contributed by atoms with Gasteiger partial charge in [-0.25, -0.2) is 9.97 Å². The number of carbonyl (C=O) groups excluding carboxylic acids is 1. The van der Waals surface area contributed by atoms with E-state index in [1.54, 1.807) is 44.7 Å². The highest BCUT2D eigenvalue weighted by Gasteiger charge is 2.17. The summed E-state index contributed by atoms with van der Waals surface area (Å²) in [5, 5.41) is 6.11. The zero-order chi connectivity index (χ0) is 17.6. The Morgan fingerprint density at radius 2 is 1.96 bits per heavy atom. The predicted molar refractivity (Wildman–Crippen MR) is 95.4 cm³/mol. The van der Waals surface area contributed by atoms with Crippen molar-refractivity contribution < 1.29 is 14.3 Å². The van der Waals surface area contributed by atoms with Crippen molar-refractivity contribution in [1.82, 2.24) is 9.97 Å². The highest BCUT2D eigenvalue weighted by molar-refractivity contribution is 6.03. The molecule has 1 aromatic heterocycles. The summed E-state index contributed by atoms with van der Waals surface area (Å²) in [4.78, 5) is 21.1. The van der Waals surface area contributed by atoms with E-state index < -0.39 is 0 Å².